The number of carbonyl (C=O) groups excluding carboxylic acids is 1. The molecule has 1 aromatic carbocycles. The molecule has 0 bridgehead atoms. The maximum absolute atomic E-state index is 11.8. The molecule has 0 saturated heterocycles. The van der Waals surface area contributed by atoms with Crippen molar-refractivity contribution in [3.05, 3.63) is 34.3 Å². The van der Waals surface area contributed by atoms with Crippen molar-refractivity contribution in [1.29, 1.82) is 5.26 Å². The third kappa shape index (κ3) is 4.38. The number of amides is 1. The molecule has 0 radical (unpaired) electrons. The van der Waals surface area contributed by atoms with Gasteiger partial charge < -0.3 is 10.1 Å². The lowest BCUT2D eigenvalue weighted by Gasteiger charge is -2.22. The fourth-order valence-corrected chi connectivity index (χ4v) is 3.02. The number of rotatable bonds is 2. The molecule has 0 heterocycles. The Bertz CT molecular complexity index is 602. The van der Waals surface area contributed by atoms with Crippen LogP contribution in [-0.4, -0.2) is 17.7 Å². The highest BCUT2D eigenvalue weighted by Crippen LogP contribution is 2.37. The maximum Gasteiger partial charge on any atom is 0.407 e. The van der Waals surface area contributed by atoms with Crippen molar-refractivity contribution in [1.82, 2.24) is 5.32 Å². The summed E-state index contributed by atoms with van der Waals surface area (Å²) in [4.78, 5) is 11.8. The number of ether oxygens (including phenoxy) is 1. The Morgan fingerprint density at radius 2 is 2.14 bits per heavy atom. The van der Waals surface area contributed by atoms with Crippen LogP contribution >= 0.6 is 11.6 Å². The van der Waals surface area contributed by atoms with Gasteiger partial charge in [0.1, 0.15) is 5.60 Å². The summed E-state index contributed by atoms with van der Waals surface area (Å²) in [5, 5.41) is 12.8. The summed E-state index contributed by atoms with van der Waals surface area (Å²) in [5.74, 6) is 0.244. The standard InChI is InChI=1S/C17H21ClN2O2/c1-17(2,3)22-16(21)20-14-7-5-11(8-14)15-9-13(18)6-4-12(15)10-19/h4,6,9,11,14H,5,7-8H2,1-3H3,(H,20,21)/t11-,14-/m1/s1. The number of nitriles is 1. The van der Waals surface area contributed by atoms with E-state index in [-0.39, 0.29) is 18.1 Å². The van der Waals surface area contributed by atoms with Gasteiger partial charge in [-0.1, -0.05) is 11.6 Å². The van der Waals surface area contributed by atoms with Gasteiger partial charge in [0.2, 0.25) is 0 Å². The minimum absolute atomic E-state index is 0.0744. The van der Waals surface area contributed by atoms with Crippen LogP contribution in [0.25, 0.3) is 0 Å². The van der Waals surface area contributed by atoms with Crippen molar-refractivity contribution in [3.8, 4) is 6.07 Å². The van der Waals surface area contributed by atoms with E-state index in [1.165, 1.54) is 0 Å². The Morgan fingerprint density at radius 3 is 2.77 bits per heavy atom. The first-order valence-corrected chi connectivity index (χ1v) is 7.85. The zero-order chi connectivity index (χ0) is 16.3. The van der Waals surface area contributed by atoms with E-state index in [2.05, 4.69) is 11.4 Å². The molecule has 1 amide bonds. The third-order valence-electron chi connectivity index (χ3n) is 3.73. The summed E-state index contributed by atoms with van der Waals surface area (Å²) in [5.41, 5.74) is 1.14. The second kappa shape index (κ2) is 6.58. The lowest BCUT2D eigenvalue weighted by atomic mass is 9.93. The molecule has 1 aliphatic carbocycles. The maximum atomic E-state index is 11.8. The smallest absolute Gasteiger partial charge is 0.407 e. The monoisotopic (exact) mass is 320 g/mol. The molecule has 22 heavy (non-hydrogen) atoms. The molecule has 1 aromatic rings. The Labute approximate surface area is 136 Å². The largest absolute Gasteiger partial charge is 0.444 e. The van der Waals surface area contributed by atoms with Gasteiger partial charge in [-0.3, -0.25) is 0 Å². The van der Waals surface area contributed by atoms with Gasteiger partial charge in [0.05, 0.1) is 11.6 Å². The number of hydrogen-bond acceptors (Lipinski definition) is 3. The predicted molar refractivity (Wildman–Crippen MR) is 85.9 cm³/mol. The normalized spacial score (nSPS) is 21.2. The molecule has 0 aromatic heterocycles. The molecule has 5 heteroatoms. The highest BCUT2D eigenvalue weighted by molar-refractivity contribution is 6.30. The van der Waals surface area contributed by atoms with Crippen molar-refractivity contribution >= 4 is 17.7 Å². The molecular weight excluding hydrogens is 300 g/mol. The number of nitrogens with one attached hydrogen (secondary N) is 1. The molecule has 118 valence electrons. The second-order valence-electron chi connectivity index (χ2n) is 6.70. The quantitative estimate of drug-likeness (QED) is 0.880. The number of carbonyl (C=O) groups is 1. The van der Waals surface area contributed by atoms with Gasteiger partial charge in [-0.05, 0) is 69.7 Å². The summed E-state index contributed by atoms with van der Waals surface area (Å²) < 4.78 is 5.28. The van der Waals surface area contributed by atoms with Crippen molar-refractivity contribution in [3.63, 3.8) is 0 Å². The summed E-state index contributed by atoms with van der Waals surface area (Å²) in [6, 6.07) is 7.64. The molecule has 1 saturated carbocycles. The number of benzene rings is 1. The molecule has 0 aliphatic heterocycles. The third-order valence-corrected chi connectivity index (χ3v) is 3.96. The van der Waals surface area contributed by atoms with E-state index in [1.807, 2.05) is 26.8 Å². The molecule has 1 fully saturated rings. The Morgan fingerprint density at radius 1 is 1.41 bits per heavy atom. The average Bonchev–Trinajstić information content (AvgIpc) is 2.84. The van der Waals surface area contributed by atoms with Crippen LogP contribution in [-0.2, 0) is 4.74 Å². The van der Waals surface area contributed by atoms with Gasteiger partial charge in [0.15, 0.2) is 0 Å². The van der Waals surface area contributed by atoms with E-state index < -0.39 is 5.60 Å². The number of halogens is 1. The van der Waals surface area contributed by atoms with Gasteiger partial charge in [0.25, 0.3) is 0 Å². The Balaban J connectivity index is 2.00. The molecule has 1 N–H and O–H groups in total. The zero-order valence-corrected chi connectivity index (χ0v) is 13.9. The van der Waals surface area contributed by atoms with Crippen LogP contribution in [0.5, 0.6) is 0 Å². The van der Waals surface area contributed by atoms with E-state index >= 15 is 0 Å². The van der Waals surface area contributed by atoms with Crippen LogP contribution in [0, 0.1) is 11.3 Å². The fourth-order valence-electron chi connectivity index (χ4n) is 2.84. The first kappa shape index (κ1) is 16.6. The van der Waals surface area contributed by atoms with Crippen molar-refractivity contribution in [2.45, 2.75) is 57.6 Å². The van der Waals surface area contributed by atoms with E-state index in [1.54, 1.807) is 12.1 Å². The van der Waals surface area contributed by atoms with E-state index in [0.717, 1.165) is 24.8 Å². The lowest BCUT2D eigenvalue weighted by Crippen LogP contribution is -2.37. The molecular formula is C17H21ClN2O2. The van der Waals surface area contributed by atoms with Crippen LogP contribution in [0.4, 0.5) is 4.79 Å². The SMILES string of the molecule is CC(C)(C)OC(=O)N[C@@H]1CC[C@@H](c2cc(Cl)ccc2C#N)C1. The van der Waals surface area contributed by atoms with Crippen molar-refractivity contribution < 1.29 is 9.53 Å². The van der Waals surface area contributed by atoms with Gasteiger partial charge in [0, 0.05) is 11.1 Å². The van der Waals surface area contributed by atoms with E-state index in [0.29, 0.717) is 10.6 Å². The first-order chi connectivity index (χ1) is 10.3. The molecule has 4 nitrogen and oxygen atoms in total. The Hall–Kier alpha value is -1.73. The van der Waals surface area contributed by atoms with E-state index in [9.17, 15) is 10.1 Å². The Kier molecular flexibility index (Phi) is 4.97. The summed E-state index contributed by atoms with van der Waals surface area (Å²) >= 11 is 6.05. The fraction of sp³-hybridized carbons (Fsp3) is 0.529. The lowest BCUT2D eigenvalue weighted by molar-refractivity contribution is 0.0505. The van der Waals surface area contributed by atoms with Gasteiger partial charge in [-0.25, -0.2) is 4.79 Å². The summed E-state index contributed by atoms with van der Waals surface area (Å²) in [6.45, 7) is 5.53. The number of alkyl carbamates (subject to hydrolysis) is 1. The molecule has 2 rings (SSSR count). The molecule has 0 spiro atoms. The summed E-state index contributed by atoms with van der Waals surface area (Å²) in [6.07, 6.45) is 2.22. The minimum atomic E-state index is -0.497. The van der Waals surface area contributed by atoms with Crippen molar-refractivity contribution in [2.24, 2.45) is 0 Å². The molecule has 1 aliphatic rings. The van der Waals surface area contributed by atoms with Crippen molar-refractivity contribution in [2.75, 3.05) is 0 Å². The second-order valence-corrected chi connectivity index (χ2v) is 7.13. The topological polar surface area (TPSA) is 62.1 Å². The highest BCUT2D eigenvalue weighted by Gasteiger charge is 2.29. The number of nitrogens with zero attached hydrogens (tertiary/aromatic N) is 1. The highest BCUT2D eigenvalue weighted by atomic mass is 35.5. The van der Waals surface area contributed by atoms with E-state index in [4.69, 9.17) is 16.3 Å². The van der Waals surface area contributed by atoms with Crippen LogP contribution < -0.4 is 5.32 Å². The van der Waals surface area contributed by atoms with Gasteiger partial charge >= 0.3 is 6.09 Å². The minimum Gasteiger partial charge on any atom is -0.444 e. The van der Waals surface area contributed by atoms with Gasteiger partial charge in [-0.2, -0.15) is 5.26 Å². The van der Waals surface area contributed by atoms with Crippen LogP contribution in [0.1, 0.15) is 57.1 Å². The zero-order valence-electron chi connectivity index (χ0n) is 13.1. The predicted octanol–water partition coefficient (Wildman–Crippen LogP) is 4.37. The number of hydrogen-bond donors (Lipinski definition) is 1. The summed E-state index contributed by atoms with van der Waals surface area (Å²) in [7, 11) is 0. The van der Waals surface area contributed by atoms with Gasteiger partial charge in [-0.15, -0.1) is 0 Å². The molecule has 0 unspecified atom stereocenters. The average molecular weight is 321 g/mol. The van der Waals surface area contributed by atoms with Crippen LogP contribution in [0.3, 0.4) is 0 Å². The first-order valence-electron chi connectivity index (χ1n) is 7.47. The van der Waals surface area contributed by atoms with Crippen LogP contribution in [0.15, 0.2) is 18.2 Å². The van der Waals surface area contributed by atoms with Crippen LogP contribution in [0.2, 0.25) is 5.02 Å². The molecule has 2 atom stereocenters.